The van der Waals surface area contributed by atoms with E-state index in [1.54, 1.807) is 7.11 Å². The zero-order valence-electron chi connectivity index (χ0n) is 10.3. The zero-order chi connectivity index (χ0) is 11.6. The van der Waals surface area contributed by atoms with Crippen LogP contribution in [0, 0.1) is 0 Å². The molecule has 1 fully saturated rings. The number of nitrogens with zero attached hydrogens (tertiary/aromatic N) is 1. The molecule has 4 atom stereocenters. The van der Waals surface area contributed by atoms with Crippen LogP contribution in [0.1, 0.15) is 27.2 Å². The standard InChI is InChI=1S/C11H23NO3/c1-7(2)12(4)9-6-8(3)15-11(14-5)10(9)13/h7-11,13H,6H2,1-5H3/t8-,9+,10-,11-/m1/s1. The molecule has 0 aromatic heterocycles. The van der Waals surface area contributed by atoms with Gasteiger partial charge in [0.1, 0.15) is 6.10 Å². The fourth-order valence-corrected chi connectivity index (χ4v) is 2.01. The van der Waals surface area contributed by atoms with Crippen molar-refractivity contribution in [3.05, 3.63) is 0 Å². The van der Waals surface area contributed by atoms with Crippen molar-refractivity contribution in [2.45, 2.75) is 57.8 Å². The van der Waals surface area contributed by atoms with Gasteiger partial charge in [0, 0.05) is 19.2 Å². The predicted octanol–water partition coefficient (Wildman–Crippen LogP) is 0.837. The number of rotatable bonds is 3. The number of aliphatic hydroxyl groups excluding tert-OH is 1. The van der Waals surface area contributed by atoms with E-state index in [4.69, 9.17) is 9.47 Å². The molecule has 0 aromatic carbocycles. The number of aliphatic hydroxyl groups is 1. The maximum atomic E-state index is 10.1. The van der Waals surface area contributed by atoms with Crippen molar-refractivity contribution in [3.63, 3.8) is 0 Å². The Balaban J connectivity index is 2.69. The van der Waals surface area contributed by atoms with E-state index in [9.17, 15) is 5.11 Å². The van der Waals surface area contributed by atoms with Crippen molar-refractivity contribution >= 4 is 0 Å². The highest BCUT2D eigenvalue weighted by atomic mass is 16.7. The highest BCUT2D eigenvalue weighted by molar-refractivity contribution is 4.87. The summed E-state index contributed by atoms with van der Waals surface area (Å²) in [5.74, 6) is 0. The van der Waals surface area contributed by atoms with Gasteiger partial charge in [-0.1, -0.05) is 0 Å². The molecular weight excluding hydrogens is 194 g/mol. The van der Waals surface area contributed by atoms with E-state index in [-0.39, 0.29) is 12.1 Å². The molecule has 0 aliphatic carbocycles. The van der Waals surface area contributed by atoms with Crippen molar-refractivity contribution < 1.29 is 14.6 Å². The molecule has 0 spiro atoms. The summed E-state index contributed by atoms with van der Waals surface area (Å²) in [5, 5.41) is 10.1. The van der Waals surface area contributed by atoms with Gasteiger partial charge < -0.3 is 14.6 Å². The zero-order valence-corrected chi connectivity index (χ0v) is 10.3. The van der Waals surface area contributed by atoms with Crippen LogP contribution in [0.2, 0.25) is 0 Å². The summed E-state index contributed by atoms with van der Waals surface area (Å²) >= 11 is 0. The Labute approximate surface area is 92.2 Å². The molecule has 0 unspecified atom stereocenters. The van der Waals surface area contributed by atoms with Crippen LogP contribution in [0.5, 0.6) is 0 Å². The molecule has 4 nitrogen and oxygen atoms in total. The minimum atomic E-state index is -0.571. The van der Waals surface area contributed by atoms with Crippen LogP contribution in [0.15, 0.2) is 0 Å². The normalized spacial score (nSPS) is 37.6. The van der Waals surface area contributed by atoms with Crippen LogP contribution < -0.4 is 0 Å². The van der Waals surface area contributed by atoms with Gasteiger partial charge in [-0.2, -0.15) is 0 Å². The lowest BCUT2D eigenvalue weighted by atomic mass is 9.98. The first-order valence-corrected chi connectivity index (χ1v) is 5.55. The Morgan fingerprint density at radius 1 is 1.47 bits per heavy atom. The van der Waals surface area contributed by atoms with E-state index in [0.29, 0.717) is 6.04 Å². The molecule has 0 bridgehead atoms. The first kappa shape index (κ1) is 12.9. The third-order valence-corrected chi connectivity index (χ3v) is 3.18. The van der Waals surface area contributed by atoms with Gasteiger partial charge in [-0.05, 0) is 34.2 Å². The average Bonchev–Trinajstić information content (AvgIpc) is 2.19. The third-order valence-electron chi connectivity index (χ3n) is 3.18. The van der Waals surface area contributed by atoms with Gasteiger partial charge in [0.05, 0.1) is 6.10 Å². The summed E-state index contributed by atoms with van der Waals surface area (Å²) < 4.78 is 10.6. The van der Waals surface area contributed by atoms with Gasteiger partial charge in [-0.25, -0.2) is 0 Å². The lowest BCUT2D eigenvalue weighted by molar-refractivity contribution is -0.245. The van der Waals surface area contributed by atoms with Crippen molar-refractivity contribution in [2.75, 3.05) is 14.2 Å². The second kappa shape index (κ2) is 5.25. The van der Waals surface area contributed by atoms with E-state index in [2.05, 4.69) is 18.7 Å². The second-order valence-corrected chi connectivity index (χ2v) is 4.60. The lowest BCUT2D eigenvalue weighted by Crippen LogP contribution is -2.56. The van der Waals surface area contributed by atoms with E-state index in [1.807, 2.05) is 14.0 Å². The van der Waals surface area contributed by atoms with E-state index in [1.165, 1.54) is 0 Å². The summed E-state index contributed by atoms with van der Waals surface area (Å²) in [7, 11) is 3.60. The van der Waals surface area contributed by atoms with Crippen LogP contribution >= 0.6 is 0 Å². The van der Waals surface area contributed by atoms with Crippen molar-refractivity contribution in [2.24, 2.45) is 0 Å². The Kier molecular flexibility index (Phi) is 4.52. The summed E-state index contributed by atoms with van der Waals surface area (Å²) in [4.78, 5) is 2.18. The topological polar surface area (TPSA) is 41.9 Å². The Bertz CT molecular complexity index is 198. The van der Waals surface area contributed by atoms with Gasteiger partial charge in [0.15, 0.2) is 6.29 Å². The van der Waals surface area contributed by atoms with Crippen LogP contribution in [0.3, 0.4) is 0 Å². The van der Waals surface area contributed by atoms with Gasteiger partial charge in [-0.3, -0.25) is 4.90 Å². The summed E-state index contributed by atoms with van der Waals surface area (Å²) in [6.07, 6.45) is -0.0986. The fourth-order valence-electron chi connectivity index (χ4n) is 2.01. The van der Waals surface area contributed by atoms with Crippen LogP contribution in [0.4, 0.5) is 0 Å². The fraction of sp³-hybridized carbons (Fsp3) is 1.00. The monoisotopic (exact) mass is 217 g/mol. The SMILES string of the molecule is CO[C@@H]1O[C@H](C)C[C@H](N(C)C(C)C)[C@H]1O. The van der Waals surface area contributed by atoms with Gasteiger partial charge >= 0.3 is 0 Å². The molecule has 0 saturated carbocycles. The van der Waals surface area contributed by atoms with Crippen molar-refractivity contribution in [1.29, 1.82) is 0 Å². The van der Waals surface area contributed by atoms with Gasteiger partial charge in [-0.15, -0.1) is 0 Å². The first-order valence-electron chi connectivity index (χ1n) is 5.55. The molecule has 1 aliphatic rings. The number of ether oxygens (including phenoxy) is 2. The highest BCUT2D eigenvalue weighted by Crippen LogP contribution is 2.25. The molecule has 1 rings (SSSR count). The van der Waals surface area contributed by atoms with E-state index >= 15 is 0 Å². The lowest BCUT2D eigenvalue weighted by Gasteiger charge is -2.43. The van der Waals surface area contributed by atoms with Gasteiger partial charge in [0.25, 0.3) is 0 Å². The van der Waals surface area contributed by atoms with Gasteiger partial charge in [0.2, 0.25) is 0 Å². The van der Waals surface area contributed by atoms with E-state index < -0.39 is 12.4 Å². The van der Waals surface area contributed by atoms with Crippen LogP contribution in [0.25, 0.3) is 0 Å². The van der Waals surface area contributed by atoms with Crippen molar-refractivity contribution in [3.8, 4) is 0 Å². The minimum Gasteiger partial charge on any atom is -0.386 e. The Morgan fingerprint density at radius 3 is 2.53 bits per heavy atom. The number of hydrogen-bond donors (Lipinski definition) is 1. The molecular formula is C11H23NO3. The first-order chi connectivity index (χ1) is 6.97. The summed E-state index contributed by atoms with van der Waals surface area (Å²) in [6.45, 7) is 6.25. The quantitative estimate of drug-likeness (QED) is 0.760. The molecule has 15 heavy (non-hydrogen) atoms. The largest absolute Gasteiger partial charge is 0.386 e. The smallest absolute Gasteiger partial charge is 0.184 e. The molecule has 1 saturated heterocycles. The van der Waals surface area contributed by atoms with Crippen LogP contribution in [-0.2, 0) is 9.47 Å². The van der Waals surface area contributed by atoms with E-state index in [0.717, 1.165) is 6.42 Å². The summed E-state index contributed by atoms with van der Waals surface area (Å²) in [6, 6.07) is 0.520. The minimum absolute atomic E-state index is 0.110. The molecule has 4 heteroatoms. The molecule has 90 valence electrons. The number of methoxy groups -OCH3 is 1. The number of likely N-dealkylation sites (N-methyl/N-ethyl adjacent to an activating group) is 1. The maximum Gasteiger partial charge on any atom is 0.184 e. The molecule has 1 aliphatic heterocycles. The second-order valence-electron chi connectivity index (χ2n) is 4.60. The van der Waals surface area contributed by atoms with Crippen LogP contribution in [-0.4, -0.2) is 54.7 Å². The molecule has 1 heterocycles. The predicted molar refractivity (Wildman–Crippen MR) is 58.7 cm³/mol. The third kappa shape index (κ3) is 2.91. The average molecular weight is 217 g/mol. The summed E-state index contributed by atoms with van der Waals surface area (Å²) in [5.41, 5.74) is 0. The molecule has 0 radical (unpaired) electrons. The Hall–Kier alpha value is -0.160. The molecule has 0 amide bonds. The Morgan fingerprint density at radius 2 is 2.07 bits per heavy atom. The molecule has 1 N–H and O–H groups in total. The maximum absolute atomic E-state index is 10.1. The molecule has 0 aromatic rings. The van der Waals surface area contributed by atoms with Crippen molar-refractivity contribution in [1.82, 2.24) is 4.90 Å². The number of hydrogen-bond acceptors (Lipinski definition) is 4. The highest BCUT2D eigenvalue weighted by Gasteiger charge is 2.38.